The molecular weight excluding hydrogens is 228 g/mol. The van der Waals surface area contributed by atoms with Gasteiger partial charge in [-0.2, -0.15) is 5.26 Å². The fourth-order valence-electron chi connectivity index (χ4n) is 2.21. The summed E-state index contributed by atoms with van der Waals surface area (Å²) in [6.07, 6.45) is 4.01. The summed E-state index contributed by atoms with van der Waals surface area (Å²) in [5, 5.41) is 11.7. The lowest BCUT2D eigenvalue weighted by molar-refractivity contribution is 0.720. The van der Waals surface area contributed by atoms with Crippen molar-refractivity contribution < 1.29 is 0 Å². The molecule has 0 aliphatic carbocycles. The summed E-state index contributed by atoms with van der Waals surface area (Å²) in [6.45, 7) is 2.12. The largest absolute Gasteiger partial charge is 0.349 e. The monoisotopic (exact) mass is 244 g/mol. The highest BCUT2D eigenvalue weighted by atomic mass is 32.2. The molecule has 0 amide bonds. The van der Waals surface area contributed by atoms with Crippen molar-refractivity contribution >= 4 is 22.7 Å². The molecule has 1 N–H and O–H groups in total. The van der Waals surface area contributed by atoms with Crippen molar-refractivity contribution in [1.29, 1.82) is 5.26 Å². The van der Waals surface area contributed by atoms with Crippen LogP contribution in [0.1, 0.15) is 31.2 Å². The minimum atomic E-state index is -0.00130. The highest BCUT2D eigenvalue weighted by Crippen LogP contribution is 2.35. The van der Waals surface area contributed by atoms with Crippen LogP contribution in [-0.4, -0.2) is 11.2 Å². The van der Waals surface area contributed by atoms with Crippen LogP contribution in [0, 0.1) is 11.3 Å². The van der Waals surface area contributed by atoms with Gasteiger partial charge in [0, 0.05) is 16.5 Å². The maximum absolute atomic E-state index is 9.34. The summed E-state index contributed by atoms with van der Waals surface area (Å²) in [7, 11) is 0. The molecule has 1 heterocycles. The zero-order valence-corrected chi connectivity index (χ0v) is 11.0. The molecule has 3 heteroatoms. The van der Waals surface area contributed by atoms with Crippen molar-refractivity contribution in [2.75, 3.05) is 6.26 Å². The number of hydrogen-bond acceptors (Lipinski definition) is 2. The summed E-state index contributed by atoms with van der Waals surface area (Å²) in [6, 6.07) is 10.7. The third-order valence-electron chi connectivity index (χ3n) is 3.00. The van der Waals surface area contributed by atoms with Crippen LogP contribution in [0.25, 0.3) is 10.9 Å². The molecule has 2 nitrogen and oxygen atoms in total. The van der Waals surface area contributed by atoms with E-state index in [2.05, 4.69) is 36.4 Å². The van der Waals surface area contributed by atoms with Crippen LogP contribution < -0.4 is 0 Å². The van der Waals surface area contributed by atoms with Crippen LogP contribution in [0.15, 0.2) is 29.3 Å². The van der Waals surface area contributed by atoms with Gasteiger partial charge in [0.05, 0.1) is 17.0 Å². The predicted molar refractivity (Wildman–Crippen MR) is 73.3 cm³/mol. The van der Waals surface area contributed by atoms with Crippen LogP contribution >= 0.6 is 11.8 Å². The second-order valence-corrected chi connectivity index (χ2v) is 4.90. The highest BCUT2D eigenvalue weighted by Gasteiger charge is 2.19. The summed E-state index contributed by atoms with van der Waals surface area (Å²) >= 11 is 1.68. The smallest absolute Gasteiger partial charge is 0.0775 e. The second kappa shape index (κ2) is 5.29. The molecule has 1 aromatic carbocycles. The summed E-state index contributed by atoms with van der Waals surface area (Å²) in [5.41, 5.74) is 2.31. The van der Waals surface area contributed by atoms with E-state index in [1.165, 1.54) is 10.9 Å². The van der Waals surface area contributed by atoms with E-state index in [0.717, 1.165) is 23.4 Å². The predicted octanol–water partition coefficient (Wildman–Crippen LogP) is 4.30. The molecule has 0 radical (unpaired) electrons. The number of thioether (sulfide) groups is 1. The first-order valence-electron chi connectivity index (χ1n) is 5.86. The van der Waals surface area contributed by atoms with Gasteiger partial charge in [-0.15, -0.1) is 11.8 Å². The minimum Gasteiger partial charge on any atom is -0.349 e. The molecule has 0 bridgehead atoms. The van der Waals surface area contributed by atoms with Crippen molar-refractivity contribution in [3.63, 3.8) is 0 Å². The van der Waals surface area contributed by atoms with E-state index in [0.29, 0.717) is 0 Å². The topological polar surface area (TPSA) is 39.6 Å². The van der Waals surface area contributed by atoms with Crippen molar-refractivity contribution in [2.24, 2.45) is 0 Å². The lowest BCUT2D eigenvalue weighted by Gasteiger charge is -2.08. The number of nitriles is 1. The Hall–Kier alpha value is -1.40. The third kappa shape index (κ3) is 2.18. The van der Waals surface area contributed by atoms with E-state index in [1.807, 2.05) is 12.1 Å². The van der Waals surface area contributed by atoms with Gasteiger partial charge in [-0.25, -0.2) is 0 Å². The van der Waals surface area contributed by atoms with Gasteiger partial charge >= 0.3 is 0 Å². The Kier molecular flexibility index (Phi) is 3.75. The van der Waals surface area contributed by atoms with Crippen molar-refractivity contribution in [3.05, 3.63) is 29.8 Å². The average Bonchev–Trinajstić information content (AvgIpc) is 2.74. The molecule has 1 aromatic heterocycles. The zero-order valence-electron chi connectivity index (χ0n) is 10.2. The first-order valence-corrected chi connectivity index (χ1v) is 7.08. The normalized spacial score (nSPS) is 12.5. The van der Waals surface area contributed by atoms with Gasteiger partial charge in [-0.1, -0.05) is 31.5 Å². The van der Waals surface area contributed by atoms with Crippen LogP contribution in [0.3, 0.4) is 0 Å². The van der Waals surface area contributed by atoms with E-state index >= 15 is 0 Å². The fraction of sp³-hybridized carbons (Fsp3) is 0.357. The molecule has 1 unspecified atom stereocenters. The van der Waals surface area contributed by atoms with Crippen molar-refractivity contribution in [2.45, 2.75) is 30.7 Å². The average molecular weight is 244 g/mol. The number of aromatic nitrogens is 1. The number of hydrogen-bond donors (Lipinski definition) is 1. The first kappa shape index (κ1) is 12.1. The maximum atomic E-state index is 9.34. The van der Waals surface area contributed by atoms with Crippen LogP contribution in [0.4, 0.5) is 0 Å². The highest BCUT2D eigenvalue weighted by molar-refractivity contribution is 7.98. The lowest BCUT2D eigenvalue weighted by atomic mass is 9.95. The van der Waals surface area contributed by atoms with E-state index in [-0.39, 0.29) is 5.92 Å². The number of nitrogens with zero attached hydrogens (tertiary/aromatic N) is 1. The molecule has 2 rings (SSSR count). The number of fused-ring (bicyclic) bond motifs is 1. The Labute approximate surface area is 106 Å². The summed E-state index contributed by atoms with van der Waals surface area (Å²) < 4.78 is 0. The molecule has 0 saturated heterocycles. The summed E-state index contributed by atoms with van der Waals surface area (Å²) in [4.78, 5) is 3.40. The Morgan fingerprint density at radius 1 is 1.41 bits per heavy atom. The van der Waals surface area contributed by atoms with Gasteiger partial charge in [0.1, 0.15) is 0 Å². The summed E-state index contributed by atoms with van der Waals surface area (Å²) in [5.74, 6) is -0.00130. The number of para-hydroxylation sites is 1. The van der Waals surface area contributed by atoms with Crippen molar-refractivity contribution in [3.8, 4) is 6.07 Å². The molecular formula is C14H16N2S. The van der Waals surface area contributed by atoms with Gasteiger partial charge in [-0.3, -0.25) is 0 Å². The van der Waals surface area contributed by atoms with E-state index in [1.54, 1.807) is 11.8 Å². The molecule has 0 spiro atoms. The van der Waals surface area contributed by atoms with Gasteiger partial charge in [0.15, 0.2) is 0 Å². The third-order valence-corrected chi connectivity index (χ3v) is 3.73. The SMILES string of the molecule is CCCC(C#N)c1c(SC)[nH]c2ccccc12. The van der Waals surface area contributed by atoms with Crippen LogP contribution in [0.5, 0.6) is 0 Å². The number of benzene rings is 1. The van der Waals surface area contributed by atoms with E-state index in [9.17, 15) is 5.26 Å². The maximum Gasteiger partial charge on any atom is 0.0775 e. The molecule has 0 aliphatic heterocycles. The molecule has 0 saturated carbocycles. The molecule has 0 aliphatic rings. The van der Waals surface area contributed by atoms with E-state index in [4.69, 9.17) is 0 Å². The fourth-order valence-corrected chi connectivity index (χ4v) is 2.89. The standard InChI is InChI=1S/C14H16N2S/c1-3-6-10(9-15)13-11-7-4-5-8-12(11)16-14(13)17-2/h4-5,7-8,10,16H,3,6H2,1-2H3. The Bertz CT molecular complexity index is 551. The van der Waals surface area contributed by atoms with Crippen molar-refractivity contribution in [1.82, 2.24) is 4.98 Å². The number of nitrogens with one attached hydrogen (secondary N) is 1. The van der Waals surface area contributed by atoms with Gasteiger partial charge in [-0.05, 0) is 18.7 Å². The first-order chi connectivity index (χ1) is 8.31. The number of aromatic amines is 1. The molecule has 2 aromatic rings. The quantitative estimate of drug-likeness (QED) is 0.815. The van der Waals surface area contributed by atoms with Crippen LogP contribution in [-0.2, 0) is 0 Å². The molecule has 88 valence electrons. The molecule has 1 atom stereocenters. The van der Waals surface area contributed by atoms with Gasteiger partial charge in [0.25, 0.3) is 0 Å². The van der Waals surface area contributed by atoms with Gasteiger partial charge < -0.3 is 4.98 Å². The zero-order chi connectivity index (χ0) is 12.3. The molecule has 0 fully saturated rings. The number of rotatable bonds is 4. The lowest BCUT2D eigenvalue weighted by Crippen LogP contribution is -1.95. The Balaban J connectivity index is 2.60. The number of H-pyrrole nitrogens is 1. The van der Waals surface area contributed by atoms with E-state index < -0.39 is 0 Å². The van der Waals surface area contributed by atoms with Gasteiger partial charge in [0.2, 0.25) is 0 Å². The molecule has 17 heavy (non-hydrogen) atoms. The second-order valence-electron chi connectivity index (χ2n) is 4.09. The Morgan fingerprint density at radius 3 is 2.82 bits per heavy atom. The minimum absolute atomic E-state index is 0.00130. The Morgan fingerprint density at radius 2 is 2.18 bits per heavy atom. The van der Waals surface area contributed by atoms with Crippen LogP contribution in [0.2, 0.25) is 0 Å².